The first-order valence-corrected chi connectivity index (χ1v) is 10.9. The normalized spacial score (nSPS) is 15.1. The monoisotopic (exact) mass is 488 g/mol. The second-order valence-corrected chi connectivity index (χ2v) is 8.04. The fourth-order valence-corrected chi connectivity index (χ4v) is 4.47. The van der Waals surface area contributed by atoms with Crippen LogP contribution in [0, 0.1) is 0 Å². The molecule has 1 aromatic heterocycles. The molecule has 0 fully saturated rings. The number of hydrogen-bond acceptors (Lipinski definition) is 6. The second-order valence-electron chi connectivity index (χ2n) is 8.04. The van der Waals surface area contributed by atoms with Crippen LogP contribution in [-0.2, 0) is 17.3 Å². The van der Waals surface area contributed by atoms with E-state index in [1.165, 1.54) is 18.2 Å². The predicted molar refractivity (Wildman–Crippen MR) is 124 cm³/mol. The lowest BCUT2D eigenvalue weighted by Gasteiger charge is -2.19. The highest BCUT2D eigenvalue weighted by Crippen LogP contribution is 2.41. The summed E-state index contributed by atoms with van der Waals surface area (Å²) in [6, 6.07) is 7.38. The Morgan fingerprint density at radius 2 is 1.97 bits per heavy atom. The Kier molecular flexibility index (Phi) is 6.18. The van der Waals surface area contributed by atoms with E-state index in [-0.39, 0.29) is 36.3 Å². The lowest BCUT2D eigenvalue weighted by atomic mass is 10.0. The van der Waals surface area contributed by atoms with Crippen LogP contribution in [0.1, 0.15) is 46.4 Å². The van der Waals surface area contributed by atoms with Crippen molar-refractivity contribution in [1.82, 2.24) is 9.13 Å². The van der Waals surface area contributed by atoms with Gasteiger partial charge in [-0.3, -0.25) is 13.9 Å². The minimum atomic E-state index is -4.58. The maximum atomic E-state index is 13.6. The zero-order valence-electron chi connectivity index (χ0n) is 19.0. The summed E-state index contributed by atoms with van der Waals surface area (Å²) >= 11 is 0. The molecular weight excluding hydrogens is 465 g/mol. The van der Waals surface area contributed by atoms with Gasteiger partial charge in [-0.2, -0.15) is 13.2 Å². The summed E-state index contributed by atoms with van der Waals surface area (Å²) < 4.78 is 47.6. The molecule has 0 amide bonds. The van der Waals surface area contributed by atoms with Gasteiger partial charge in [-0.1, -0.05) is 12.1 Å². The highest BCUT2D eigenvalue weighted by atomic mass is 19.4. The van der Waals surface area contributed by atoms with E-state index in [0.717, 1.165) is 21.4 Å². The molecule has 1 heterocycles. The number of benzene rings is 2. The third-order valence-electron chi connectivity index (χ3n) is 6.05. The fourth-order valence-electron chi connectivity index (χ4n) is 4.47. The number of halogens is 3. The molecule has 0 unspecified atom stereocenters. The molecule has 0 saturated heterocycles. The minimum absolute atomic E-state index is 0.0115. The predicted octanol–water partition coefficient (Wildman–Crippen LogP) is 3.35. The maximum Gasteiger partial charge on any atom is 0.416 e. The first-order valence-electron chi connectivity index (χ1n) is 10.9. The summed E-state index contributed by atoms with van der Waals surface area (Å²) in [4.78, 5) is 39.5. The number of aromatic nitrogens is 2. The van der Waals surface area contributed by atoms with Crippen molar-refractivity contribution in [2.45, 2.75) is 32.0 Å². The summed E-state index contributed by atoms with van der Waals surface area (Å²) in [5.41, 5.74) is 4.51. The Balaban J connectivity index is 1.97. The van der Waals surface area contributed by atoms with Crippen LogP contribution < -0.4 is 22.3 Å². The van der Waals surface area contributed by atoms with E-state index in [1.54, 1.807) is 26.1 Å². The van der Waals surface area contributed by atoms with Crippen LogP contribution in [0.15, 0.2) is 52.2 Å². The standard InChI is InChI=1S/C24H23F3N4O4/c1-3-35-22(33)16-12-30(13-7-9-19(29-2)18(28)11-13)23(34)31(21(16)32)20-10-8-14-15(20)5-4-6-17(14)24(25,26)27/h4-7,9,11-12,20,29H,3,8,10,28H2,1-2H3/t20-/m1/s1. The highest BCUT2D eigenvalue weighted by molar-refractivity contribution is 5.88. The van der Waals surface area contributed by atoms with E-state index >= 15 is 0 Å². The summed E-state index contributed by atoms with van der Waals surface area (Å²) in [5.74, 6) is -0.943. The maximum absolute atomic E-state index is 13.6. The van der Waals surface area contributed by atoms with Crippen molar-refractivity contribution in [3.8, 4) is 5.69 Å². The van der Waals surface area contributed by atoms with Crippen LogP contribution >= 0.6 is 0 Å². The number of nitrogen functional groups attached to an aromatic ring is 1. The van der Waals surface area contributed by atoms with E-state index in [1.807, 2.05) is 0 Å². The Morgan fingerprint density at radius 3 is 2.60 bits per heavy atom. The number of alkyl halides is 3. The van der Waals surface area contributed by atoms with Gasteiger partial charge in [0, 0.05) is 13.2 Å². The largest absolute Gasteiger partial charge is 0.462 e. The van der Waals surface area contributed by atoms with Gasteiger partial charge in [0.25, 0.3) is 5.56 Å². The number of fused-ring (bicyclic) bond motifs is 1. The van der Waals surface area contributed by atoms with Gasteiger partial charge in [-0.05, 0) is 55.2 Å². The van der Waals surface area contributed by atoms with Crippen molar-refractivity contribution in [1.29, 1.82) is 0 Å². The number of carbonyl (C=O) groups excluding carboxylic acids is 1. The summed E-state index contributed by atoms with van der Waals surface area (Å²) in [7, 11) is 1.67. The number of nitrogens with zero attached hydrogens (tertiary/aromatic N) is 2. The average molecular weight is 488 g/mol. The summed E-state index contributed by atoms with van der Waals surface area (Å²) in [5, 5.41) is 2.89. The van der Waals surface area contributed by atoms with Crippen molar-refractivity contribution < 1.29 is 22.7 Å². The summed E-state index contributed by atoms with van der Waals surface area (Å²) in [6.45, 7) is 1.55. The van der Waals surface area contributed by atoms with Gasteiger partial charge in [0.05, 0.1) is 35.3 Å². The molecule has 3 aromatic rings. The van der Waals surface area contributed by atoms with Crippen LogP contribution in [0.2, 0.25) is 0 Å². The molecule has 0 saturated carbocycles. The van der Waals surface area contributed by atoms with Gasteiger partial charge < -0.3 is 15.8 Å². The van der Waals surface area contributed by atoms with Crippen molar-refractivity contribution >= 4 is 17.3 Å². The zero-order chi connectivity index (χ0) is 25.5. The Morgan fingerprint density at radius 1 is 1.23 bits per heavy atom. The topological polar surface area (TPSA) is 108 Å². The van der Waals surface area contributed by atoms with Crippen LogP contribution in [-0.4, -0.2) is 28.8 Å². The van der Waals surface area contributed by atoms with Crippen LogP contribution in [0.25, 0.3) is 5.69 Å². The Bertz CT molecular complexity index is 1430. The first kappa shape index (κ1) is 24.1. The zero-order valence-corrected chi connectivity index (χ0v) is 19.0. The van der Waals surface area contributed by atoms with E-state index in [0.29, 0.717) is 11.4 Å². The molecule has 35 heavy (non-hydrogen) atoms. The molecule has 3 N–H and O–H groups in total. The number of ether oxygens (including phenoxy) is 1. The summed E-state index contributed by atoms with van der Waals surface area (Å²) in [6.07, 6.45) is -3.39. The van der Waals surface area contributed by atoms with Crippen molar-refractivity contribution in [2.24, 2.45) is 0 Å². The van der Waals surface area contributed by atoms with Gasteiger partial charge in [0.15, 0.2) is 0 Å². The number of esters is 1. The van der Waals surface area contributed by atoms with Crippen LogP contribution in [0.5, 0.6) is 0 Å². The quantitative estimate of drug-likeness (QED) is 0.421. The molecule has 184 valence electrons. The number of rotatable bonds is 5. The van der Waals surface area contributed by atoms with E-state index in [4.69, 9.17) is 10.5 Å². The molecule has 1 aliphatic rings. The van der Waals surface area contributed by atoms with E-state index < -0.39 is 40.6 Å². The molecule has 4 rings (SSSR count). The molecule has 1 aliphatic carbocycles. The molecule has 0 radical (unpaired) electrons. The molecule has 8 nitrogen and oxygen atoms in total. The molecule has 1 atom stereocenters. The lowest BCUT2D eigenvalue weighted by Crippen LogP contribution is -2.44. The van der Waals surface area contributed by atoms with Gasteiger partial charge in [-0.25, -0.2) is 9.59 Å². The molecule has 0 aliphatic heterocycles. The molecule has 0 spiro atoms. The number of hydrogen-bond donors (Lipinski definition) is 2. The van der Waals surface area contributed by atoms with E-state index in [2.05, 4.69) is 5.32 Å². The van der Waals surface area contributed by atoms with E-state index in [9.17, 15) is 27.6 Å². The minimum Gasteiger partial charge on any atom is -0.462 e. The van der Waals surface area contributed by atoms with Crippen LogP contribution in [0.3, 0.4) is 0 Å². The SMILES string of the molecule is CCOC(=O)c1cn(-c2ccc(NC)c(N)c2)c(=O)n([C@@H]2CCc3c2cccc3C(F)(F)F)c1=O. The molecule has 2 aromatic carbocycles. The molecule has 0 bridgehead atoms. The fraction of sp³-hybridized carbons (Fsp3) is 0.292. The molecule has 11 heteroatoms. The first-order chi connectivity index (χ1) is 16.6. The second kappa shape index (κ2) is 8.97. The third-order valence-corrected chi connectivity index (χ3v) is 6.05. The lowest BCUT2D eigenvalue weighted by molar-refractivity contribution is -0.138. The Labute approximate surface area is 197 Å². The van der Waals surface area contributed by atoms with Gasteiger partial charge >= 0.3 is 17.8 Å². The number of carbonyl (C=O) groups is 1. The smallest absolute Gasteiger partial charge is 0.416 e. The average Bonchev–Trinajstić information content (AvgIpc) is 3.22. The number of anilines is 2. The van der Waals surface area contributed by atoms with Gasteiger partial charge in [0.2, 0.25) is 0 Å². The van der Waals surface area contributed by atoms with Gasteiger partial charge in [0.1, 0.15) is 5.56 Å². The Hall–Kier alpha value is -4.02. The number of nitrogens with one attached hydrogen (secondary N) is 1. The third kappa shape index (κ3) is 4.17. The van der Waals surface area contributed by atoms with Crippen molar-refractivity contribution in [3.63, 3.8) is 0 Å². The van der Waals surface area contributed by atoms with Crippen molar-refractivity contribution in [3.05, 3.63) is 85.7 Å². The van der Waals surface area contributed by atoms with Gasteiger partial charge in [-0.15, -0.1) is 0 Å². The van der Waals surface area contributed by atoms with Crippen molar-refractivity contribution in [2.75, 3.05) is 24.7 Å². The number of nitrogens with two attached hydrogens (primary N) is 1. The molecular formula is C24H23F3N4O4. The van der Waals surface area contributed by atoms with Crippen LogP contribution in [0.4, 0.5) is 24.5 Å². The highest BCUT2D eigenvalue weighted by Gasteiger charge is 2.38.